The van der Waals surface area contributed by atoms with Gasteiger partial charge in [0, 0.05) is 0 Å². The fraction of sp³-hybridized carbons (Fsp3) is 0.357. The molecule has 0 aliphatic carbocycles. The van der Waals surface area contributed by atoms with Crippen LogP contribution in [-0.2, 0) is 25.7 Å². The average Bonchev–Trinajstić information content (AvgIpc) is 2.61. The lowest BCUT2D eigenvalue weighted by molar-refractivity contribution is -0.744. The second kappa shape index (κ2) is 5.52. The second-order valence-corrected chi connectivity index (χ2v) is 4.96. The molecule has 1 aliphatic heterocycles. The predicted molar refractivity (Wildman–Crippen MR) is 68.3 cm³/mol. The van der Waals surface area contributed by atoms with Crippen molar-refractivity contribution in [2.75, 3.05) is 13.6 Å². The Kier molecular flexibility index (Phi) is 3.96. The highest BCUT2D eigenvalue weighted by Crippen LogP contribution is 2.23. The molecular formula is C14H16NO5+. The molecule has 1 aromatic rings. The fourth-order valence-electron chi connectivity index (χ4n) is 2.23. The van der Waals surface area contributed by atoms with Crippen molar-refractivity contribution >= 4 is 17.8 Å². The number of carboxylic acid groups (broad SMARTS) is 1. The number of ether oxygens (including phenoxy) is 1. The van der Waals surface area contributed by atoms with Gasteiger partial charge in [-0.05, 0) is 5.56 Å². The van der Waals surface area contributed by atoms with E-state index in [1.54, 1.807) is 0 Å². The third kappa shape index (κ3) is 2.76. The van der Waals surface area contributed by atoms with Crippen LogP contribution in [-0.4, -0.2) is 47.1 Å². The first-order chi connectivity index (χ1) is 9.43. The first-order valence-electron chi connectivity index (χ1n) is 6.24. The van der Waals surface area contributed by atoms with Crippen LogP contribution in [0.25, 0.3) is 0 Å². The number of benzene rings is 1. The summed E-state index contributed by atoms with van der Waals surface area (Å²) in [6, 6.07) is 9.28. The summed E-state index contributed by atoms with van der Waals surface area (Å²) in [5.41, 5.74) is 0.895. The minimum atomic E-state index is -1.18. The third-order valence-corrected chi connectivity index (χ3v) is 3.42. The minimum absolute atomic E-state index is 0.0740. The molecule has 6 nitrogen and oxygen atoms in total. The van der Waals surface area contributed by atoms with Gasteiger partial charge < -0.3 is 9.84 Å². The quantitative estimate of drug-likeness (QED) is 0.628. The Morgan fingerprint density at radius 3 is 2.60 bits per heavy atom. The van der Waals surface area contributed by atoms with Gasteiger partial charge in [0.05, 0.1) is 13.7 Å². The Balaban J connectivity index is 2.03. The van der Waals surface area contributed by atoms with E-state index in [9.17, 15) is 14.4 Å². The summed E-state index contributed by atoms with van der Waals surface area (Å²) < 4.78 is 4.74. The molecule has 2 unspecified atom stereocenters. The van der Waals surface area contributed by atoms with E-state index >= 15 is 0 Å². The number of aliphatic carboxylic acids is 1. The van der Waals surface area contributed by atoms with Gasteiger partial charge in [-0.3, -0.25) is 0 Å². The van der Waals surface area contributed by atoms with Gasteiger partial charge in [-0.1, -0.05) is 30.3 Å². The summed E-state index contributed by atoms with van der Waals surface area (Å²) in [7, 11) is 1.32. The summed E-state index contributed by atoms with van der Waals surface area (Å²) in [4.78, 5) is 34.8. The topological polar surface area (TPSA) is 80.7 Å². The van der Waals surface area contributed by atoms with Crippen molar-refractivity contribution in [2.24, 2.45) is 0 Å². The number of carbonyl (C=O) groups is 3. The molecule has 0 spiro atoms. The number of carbonyl (C=O) groups excluding carboxylic acids is 2. The van der Waals surface area contributed by atoms with Crippen molar-refractivity contribution in [3.8, 4) is 0 Å². The van der Waals surface area contributed by atoms with Gasteiger partial charge in [0.2, 0.25) is 0 Å². The molecule has 1 fully saturated rings. The van der Waals surface area contributed by atoms with Gasteiger partial charge in [-0.15, -0.1) is 0 Å². The number of hydrogen-bond acceptors (Lipinski definition) is 4. The molecule has 0 radical (unpaired) electrons. The smallest absolute Gasteiger partial charge is 0.360 e. The molecule has 0 saturated carbocycles. The normalized spacial score (nSPS) is 25.9. The number of likely N-dealkylation sites (tertiary alicyclic amines) is 1. The fourth-order valence-corrected chi connectivity index (χ4v) is 2.23. The van der Waals surface area contributed by atoms with Gasteiger partial charge in [-0.2, -0.15) is 4.48 Å². The van der Waals surface area contributed by atoms with Crippen LogP contribution in [0.1, 0.15) is 12.0 Å². The molecule has 106 valence electrons. The third-order valence-electron chi connectivity index (χ3n) is 3.42. The van der Waals surface area contributed by atoms with E-state index in [0.29, 0.717) is 0 Å². The zero-order valence-corrected chi connectivity index (χ0v) is 11.1. The summed E-state index contributed by atoms with van der Waals surface area (Å²) >= 11 is 0. The lowest BCUT2D eigenvalue weighted by Crippen LogP contribution is -2.53. The Morgan fingerprint density at radius 2 is 2.00 bits per heavy atom. The van der Waals surface area contributed by atoms with Crippen LogP contribution in [0.15, 0.2) is 30.3 Å². The van der Waals surface area contributed by atoms with E-state index in [2.05, 4.69) is 0 Å². The lowest BCUT2D eigenvalue weighted by Gasteiger charge is -2.21. The van der Waals surface area contributed by atoms with Gasteiger partial charge in [-0.25, -0.2) is 14.4 Å². The number of amides is 2. The number of imide groups is 1. The Labute approximate surface area is 116 Å². The molecule has 1 N–H and O–H groups in total. The van der Waals surface area contributed by atoms with Crippen LogP contribution in [0, 0.1) is 0 Å². The van der Waals surface area contributed by atoms with Crippen molar-refractivity contribution < 1.29 is 28.7 Å². The molecule has 1 heterocycles. The van der Waals surface area contributed by atoms with Crippen molar-refractivity contribution in [3.63, 3.8) is 0 Å². The Morgan fingerprint density at radius 1 is 1.35 bits per heavy atom. The van der Waals surface area contributed by atoms with Crippen molar-refractivity contribution in [2.45, 2.75) is 19.1 Å². The monoisotopic (exact) mass is 278 g/mol. The van der Waals surface area contributed by atoms with Crippen LogP contribution >= 0.6 is 0 Å². The molecule has 6 heteroatoms. The molecule has 2 amide bonds. The first-order valence-corrected chi connectivity index (χ1v) is 6.24. The zero-order chi connectivity index (χ0) is 14.8. The predicted octanol–water partition coefficient (Wildman–Crippen LogP) is 0.560. The molecule has 0 bridgehead atoms. The summed E-state index contributed by atoms with van der Waals surface area (Å²) in [5.74, 6) is -2.10. The number of carboxylic acids is 1. The highest BCUT2D eigenvalue weighted by molar-refractivity contribution is 5.96. The Bertz CT molecular complexity index is 542. The van der Waals surface area contributed by atoms with Crippen LogP contribution in [0.4, 0.5) is 0 Å². The zero-order valence-electron chi connectivity index (χ0n) is 11.1. The van der Waals surface area contributed by atoms with E-state index in [1.165, 1.54) is 7.05 Å². The maximum Gasteiger partial charge on any atom is 0.360 e. The van der Waals surface area contributed by atoms with Crippen molar-refractivity contribution in [1.29, 1.82) is 0 Å². The minimum Gasteiger partial charge on any atom is -0.477 e. The number of likely N-dealkylation sites (N-methyl/N-ethyl adjacent to an activating group) is 1. The molecule has 20 heavy (non-hydrogen) atoms. The van der Waals surface area contributed by atoms with E-state index < -0.39 is 34.9 Å². The van der Waals surface area contributed by atoms with Crippen LogP contribution in [0.5, 0.6) is 0 Å². The van der Waals surface area contributed by atoms with Crippen LogP contribution < -0.4 is 0 Å². The molecular weight excluding hydrogens is 262 g/mol. The summed E-state index contributed by atoms with van der Waals surface area (Å²) in [6.45, 7) is -0.319. The van der Waals surface area contributed by atoms with Crippen LogP contribution in [0.2, 0.25) is 0 Å². The van der Waals surface area contributed by atoms with Gasteiger partial charge in [0.15, 0.2) is 12.6 Å². The number of nitrogens with zero attached hydrogens (tertiary/aromatic N) is 1. The SMILES string of the molecule is C[N+]1(CC(=O)O)C(=O)CC(OCc2ccccc2)C1=O. The molecule has 1 aromatic carbocycles. The standard InChI is InChI=1S/C14H15NO5/c1-15(8-13(17)18)12(16)7-11(14(15)19)20-9-10-5-3-2-4-6-10/h2-6,11H,7-9H2,1H3/p+1. The first kappa shape index (κ1) is 14.4. The molecule has 0 aromatic heterocycles. The van der Waals surface area contributed by atoms with Gasteiger partial charge in [0.25, 0.3) is 0 Å². The molecule has 2 atom stereocenters. The maximum absolute atomic E-state index is 12.2. The number of quaternary nitrogens is 1. The largest absolute Gasteiger partial charge is 0.477 e. The van der Waals surface area contributed by atoms with Crippen LogP contribution in [0.3, 0.4) is 0 Å². The number of rotatable bonds is 5. The van der Waals surface area contributed by atoms with Crippen molar-refractivity contribution in [1.82, 2.24) is 0 Å². The number of hydrogen-bond donors (Lipinski definition) is 1. The molecule has 2 rings (SSSR count). The van der Waals surface area contributed by atoms with E-state index in [-0.39, 0.29) is 13.0 Å². The van der Waals surface area contributed by atoms with E-state index in [0.717, 1.165) is 5.56 Å². The van der Waals surface area contributed by atoms with Gasteiger partial charge >= 0.3 is 17.8 Å². The highest BCUT2D eigenvalue weighted by Gasteiger charge is 2.54. The maximum atomic E-state index is 12.2. The lowest BCUT2D eigenvalue weighted by atomic mass is 10.2. The second-order valence-electron chi connectivity index (χ2n) is 4.96. The summed E-state index contributed by atoms with van der Waals surface area (Å²) in [6.07, 6.45) is -0.942. The average molecular weight is 278 g/mol. The van der Waals surface area contributed by atoms with Crippen molar-refractivity contribution in [3.05, 3.63) is 35.9 Å². The van der Waals surface area contributed by atoms with E-state index in [1.807, 2.05) is 30.3 Å². The van der Waals surface area contributed by atoms with E-state index in [4.69, 9.17) is 9.84 Å². The molecule has 1 aliphatic rings. The molecule has 1 saturated heterocycles. The Hall–Kier alpha value is -2.05. The van der Waals surface area contributed by atoms with Gasteiger partial charge in [0.1, 0.15) is 6.42 Å². The highest BCUT2D eigenvalue weighted by atomic mass is 16.5. The summed E-state index contributed by atoms with van der Waals surface area (Å²) in [5, 5.41) is 8.81.